The molecule has 0 fully saturated rings. The number of anilines is 1. The molecule has 0 spiro atoms. The minimum Gasteiger partial charge on any atom is -0.365 e. The van der Waals surface area contributed by atoms with Gasteiger partial charge in [0, 0.05) is 29.8 Å². The normalized spacial score (nSPS) is 16.0. The number of fused-ring (bicyclic) bond motifs is 1. The molecule has 3 rings (SSSR count). The predicted molar refractivity (Wildman–Crippen MR) is 90.3 cm³/mol. The van der Waals surface area contributed by atoms with Gasteiger partial charge in [-0.05, 0) is 41.5 Å². The molecule has 1 aliphatic rings. The van der Waals surface area contributed by atoms with Gasteiger partial charge in [-0.1, -0.05) is 23.7 Å². The van der Waals surface area contributed by atoms with Crippen LogP contribution in [0.4, 0.5) is 10.1 Å². The van der Waals surface area contributed by atoms with E-state index < -0.39 is 0 Å². The van der Waals surface area contributed by atoms with E-state index in [0.29, 0.717) is 6.54 Å². The van der Waals surface area contributed by atoms with Crippen molar-refractivity contribution in [3.63, 3.8) is 0 Å². The molecule has 21 heavy (non-hydrogen) atoms. The third-order valence-corrected chi connectivity index (χ3v) is 3.64. The van der Waals surface area contributed by atoms with Crippen LogP contribution in [-0.4, -0.2) is 6.54 Å². The molecule has 2 N–H and O–H groups in total. The van der Waals surface area contributed by atoms with Gasteiger partial charge in [0.2, 0.25) is 0 Å². The lowest BCUT2D eigenvalue weighted by Crippen LogP contribution is -2.23. The number of rotatable bonds is 2. The SMILES string of the molecule is Cl.Cl.NC1CN(Cc2cccc(Cl)c2)c2ccc(F)cc21. The highest BCUT2D eigenvalue weighted by Gasteiger charge is 2.26. The van der Waals surface area contributed by atoms with Crippen molar-refractivity contribution < 1.29 is 4.39 Å². The third-order valence-electron chi connectivity index (χ3n) is 3.41. The van der Waals surface area contributed by atoms with Gasteiger partial charge in [0.1, 0.15) is 5.82 Å². The van der Waals surface area contributed by atoms with Gasteiger partial charge in [0.05, 0.1) is 0 Å². The number of halogens is 4. The Balaban J connectivity index is 0.00000110. The molecule has 0 bridgehead atoms. The number of nitrogens with zero attached hydrogens (tertiary/aromatic N) is 1. The fourth-order valence-electron chi connectivity index (χ4n) is 2.55. The van der Waals surface area contributed by atoms with E-state index in [1.807, 2.05) is 24.3 Å². The summed E-state index contributed by atoms with van der Waals surface area (Å²) in [5, 5.41) is 0.723. The Morgan fingerprint density at radius 3 is 2.67 bits per heavy atom. The molecule has 1 atom stereocenters. The third kappa shape index (κ3) is 3.80. The van der Waals surface area contributed by atoms with E-state index in [1.165, 1.54) is 12.1 Å². The van der Waals surface area contributed by atoms with Gasteiger partial charge in [-0.2, -0.15) is 0 Å². The minimum absolute atomic E-state index is 0. The zero-order chi connectivity index (χ0) is 13.4. The van der Waals surface area contributed by atoms with E-state index in [9.17, 15) is 4.39 Å². The molecule has 0 amide bonds. The minimum atomic E-state index is -0.237. The molecule has 2 aromatic carbocycles. The summed E-state index contributed by atoms with van der Waals surface area (Å²) < 4.78 is 13.3. The first-order chi connectivity index (χ1) is 9.13. The van der Waals surface area contributed by atoms with Gasteiger partial charge in [-0.3, -0.25) is 0 Å². The first-order valence-corrected chi connectivity index (χ1v) is 6.56. The molecule has 0 saturated heterocycles. The molecule has 0 saturated carbocycles. The Morgan fingerprint density at radius 2 is 1.95 bits per heavy atom. The van der Waals surface area contributed by atoms with Crippen LogP contribution < -0.4 is 10.6 Å². The Labute approximate surface area is 140 Å². The maximum atomic E-state index is 13.3. The summed E-state index contributed by atoms with van der Waals surface area (Å²) in [6.07, 6.45) is 0. The van der Waals surface area contributed by atoms with Gasteiger partial charge in [0.15, 0.2) is 0 Å². The van der Waals surface area contributed by atoms with E-state index in [0.717, 1.165) is 28.4 Å². The molecule has 0 aromatic heterocycles. The Kier molecular flexibility index (Phi) is 6.29. The van der Waals surface area contributed by atoms with Crippen molar-refractivity contribution >= 4 is 42.1 Å². The summed E-state index contributed by atoms with van der Waals surface area (Å²) in [5.74, 6) is -0.237. The van der Waals surface area contributed by atoms with Gasteiger partial charge in [-0.15, -0.1) is 24.8 Å². The molecule has 2 nitrogen and oxygen atoms in total. The Hall–Kier alpha value is -1.00. The van der Waals surface area contributed by atoms with Crippen LogP contribution in [0, 0.1) is 5.82 Å². The van der Waals surface area contributed by atoms with Gasteiger partial charge < -0.3 is 10.6 Å². The molecule has 114 valence electrons. The van der Waals surface area contributed by atoms with Crippen molar-refractivity contribution in [1.82, 2.24) is 0 Å². The quantitative estimate of drug-likeness (QED) is 0.873. The standard InChI is InChI=1S/C15H14ClFN2.2ClH/c16-11-3-1-2-10(6-11)8-19-9-14(18)13-7-12(17)4-5-15(13)19;;/h1-7,14H,8-9,18H2;2*1H. The van der Waals surface area contributed by atoms with Crippen LogP contribution in [0.1, 0.15) is 17.2 Å². The summed E-state index contributed by atoms with van der Waals surface area (Å²) >= 11 is 5.99. The van der Waals surface area contributed by atoms with E-state index in [-0.39, 0.29) is 36.7 Å². The van der Waals surface area contributed by atoms with E-state index in [1.54, 1.807) is 6.07 Å². The molecule has 2 aromatic rings. The molecule has 0 aliphatic carbocycles. The van der Waals surface area contributed by atoms with Crippen molar-refractivity contribution in [2.24, 2.45) is 5.73 Å². The van der Waals surface area contributed by atoms with Crippen LogP contribution in [0.2, 0.25) is 5.02 Å². The molecule has 0 radical (unpaired) electrons. The molecule has 1 unspecified atom stereocenters. The lowest BCUT2D eigenvalue weighted by molar-refractivity contribution is 0.624. The number of hydrogen-bond donors (Lipinski definition) is 1. The lowest BCUT2D eigenvalue weighted by Gasteiger charge is -2.19. The van der Waals surface area contributed by atoms with Crippen molar-refractivity contribution in [3.8, 4) is 0 Å². The highest BCUT2D eigenvalue weighted by atomic mass is 35.5. The maximum absolute atomic E-state index is 13.3. The van der Waals surface area contributed by atoms with E-state index in [2.05, 4.69) is 4.90 Å². The first-order valence-electron chi connectivity index (χ1n) is 6.18. The molecular formula is C15H16Cl3FN2. The topological polar surface area (TPSA) is 29.3 Å². The van der Waals surface area contributed by atoms with Crippen LogP contribution in [0.5, 0.6) is 0 Å². The van der Waals surface area contributed by atoms with Gasteiger partial charge >= 0.3 is 0 Å². The summed E-state index contributed by atoms with van der Waals surface area (Å²) in [4.78, 5) is 2.16. The highest BCUT2D eigenvalue weighted by Crippen LogP contribution is 2.34. The Morgan fingerprint density at radius 1 is 1.19 bits per heavy atom. The van der Waals surface area contributed by atoms with Gasteiger partial charge in [-0.25, -0.2) is 4.39 Å². The monoisotopic (exact) mass is 348 g/mol. The summed E-state index contributed by atoms with van der Waals surface area (Å²) in [7, 11) is 0. The van der Waals surface area contributed by atoms with Crippen molar-refractivity contribution in [2.45, 2.75) is 12.6 Å². The number of nitrogens with two attached hydrogens (primary N) is 1. The van der Waals surface area contributed by atoms with Crippen molar-refractivity contribution in [3.05, 3.63) is 64.4 Å². The first kappa shape index (κ1) is 18.1. The lowest BCUT2D eigenvalue weighted by atomic mass is 10.1. The summed E-state index contributed by atoms with van der Waals surface area (Å²) in [5.41, 5.74) is 9.06. The number of benzene rings is 2. The van der Waals surface area contributed by atoms with Crippen LogP contribution in [0.3, 0.4) is 0 Å². The fraction of sp³-hybridized carbons (Fsp3) is 0.200. The Bertz CT molecular complexity index is 622. The molecule has 1 heterocycles. The second-order valence-electron chi connectivity index (χ2n) is 4.82. The predicted octanol–water partition coefficient (Wildman–Crippen LogP) is 4.34. The van der Waals surface area contributed by atoms with Crippen LogP contribution in [0.15, 0.2) is 42.5 Å². The van der Waals surface area contributed by atoms with Crippen LogP contribution >= 0.6 is 36.4 Å². The van der Waals surface area contributed by atoms with Crippen LogP contribution in [0.25, 0.3) is 0 Å². The summed E-state index contributed by atoms with van der Waals surface area (Å²) in [6.45, 7) is 1.43. The van der Waals surface area contributed by atoms with Crippen LogP contribution in [-0.2, 0) is 6.54 Å². The molecule has 1 aliphatic heterocycles. The average Bonchev–Trinajstić information content (AvgIpc) is 2.66. The van der Waals surface area contributed by atoms with E-state index in [4.69, 9.17) is 17.3 Å². The zero-order valence-corrected chi connectivity index (χ0v) is 13.5. The van der Waals surface area contributed by atoms with Crippen molar-refractivity contribution in [2.75, 3.05) is 11.4 Å². The molecular weight excluding hydrogens is 334 g/mol. The molecule has 6 heteroatoms. The smallest absolute Gasteiger partial charge is 0.123 e. The largest absolute Gasteiger partial charge is 0.365 e. The fourth-order valence-corrected chi connectivity index (χ4v) is 2.76. The second kappa shape index (κ2) is 7.32. The average molecular weight is 350 g/mol. The maximum Gasteiger partial charge on any atom is 0.123 e. The summed E-state index contributed by atoms with van der Waals surface area (Å²) in [6, 6.07) is 12.4. The van der Waals surface area contributed by atoms with Gasteiger partial charge in [0.25, 0.3) is 0 Å². The second-order valence-corrected chi connectivity index (χ2v) is 5.26. The number of hydrogen-bond acceptors (Lipinski definition) is 2. The highest BCUT2D eigenvalue weighted by molar-refractivity contribution is 6.30. The van der Waals surface area contributed by atoms with E-state index >= 15 is 0 Å². The van der Waals surface area contributed by atoms with Crippen molar-refractivity contribution in [1.29, 1.82) is 0 Å². The zero-order valence-electron chi connectivity index (χ0n) is 11.1.